The summed E-state index contributed by atoms with van der Waals surface area (Å²) in [6.45, 7) is 12.0. The number of hydrogen-bond donors (Lipinski definition) is 1. The average molecular weight is 749 g/mol. The standard InChI is InChI=1S/C23H28BrFN4O.C11H14BrFN2/c24-22-15-21(25)2-1-20(22)17-28-11-13-29(14-12-28)23(30)19-5-9-27(10-6-19)16-18-3-7-26-8-4-18;12-11-7-10(13)2-1-9(11)8-15-5-3-14-4-6-15/h1-4,7-8,15,19H,5-6,9-14,16-17H2;1-2,7,14H,3-6,8H2. The molecule has 4 heterocycles. The van der Waals surface area contributed by atoms with Gasteiger partial charge >= 0.3 is 0 Å². The predicted molar refractivity (Wildman–Crippen MR) is 180 cm³/mol. The highest BCUT2D eigenvalue weighted by Crippen LogP contribution is 2.24. The molecule has 2 aromatic carbocycles. The molecule has 3 fully saturated rings. The summed E-state index contributed by atoms with van der Waals surface area (Å²) in [5.74, 6) is 0.0523. The highest BCUT2D eigenvalue weighted by atomic mass is 79.9. The molecule has 0 saturated carbocycles. The number of rotatable bonds is 7. The molecular weight excluding hydrogens is 706 g/mol. The molecule has 3 aromatic rings. The molecule has 0 bridgehead atoms. The molecule has 0 atom stereocenters. The quantitative estimate of drug-likeness (QED) is 0.343. The smallest absolute Gasteiger partial charge is 0.225 e. The van der Waals surface area contributed by atoms with Gasteiger partial charge in [0.1, 0.15) is 11.6 Å². The number of halogens is 4. The first kappa shape index (κ1) is 34.1. The molecule has 11 heteroatoms. The van der Waals surface area contributed by atoms with Gasteiger partial charge in [0, 0.05) is 99.2 Å². The fourth-order valence-corrected chi connectivity index (χ4v) is 7.07. The van der Waals surface area contributed by atoms with Gasteiger partial charge in [-0.15, -0.1) is 0 Å². The summed E-state index contributed by atoms with van der Waals surface area (Å²) in [4.78, 5) is 26.2. The number of nitrogens with zero attached hydrogens (tertiary/aromatic N) is 5. The minimum absolute atomic E-state index is 0.150. The zero-order valence-corrected chi connectivity index (χ0v) is 28.8. The van der Waals surface area contributed by atoms with E-state index in [4.69, 9.17) is 0 Å². The third-order valence-electron chi connectivity index (χ3n) is 8.80. The van der Waals surface area contributed by atoms with E-state index in [2.05, 4.69) is 69.0 Å². The molecule has 3 aliphatic rings. The van der Waals surface area contributed by atoms with Crippen LogP contribution in [0.5, 0.6) is 0 Å². The SMILES string of the molecule is Fc1ccc(CN2CCNCC2)c(Br)c1.O=C(C1CCN(Cc2ccncc2)CC1)N1CCN(Cc2ccc(F)cc2Br)CC1. The van der Waals surface area contributed by atoms with Crippen LogP contribution < -0.4 is 5.32 Å². The van der Waals surface area contributed by atoms with Crippen molar-refractivity contribution in [1.82, 2.24) is 29.9 Å². The molecule has 0 aliphatic carbocycles. The predicted octanol–water partition coefficient (Wildman–Crippen LogP) is 5.53. The van der Waals surface area contributed by atoms with Crippen LogP contribution in [-0.2, 0) is 24.4 Å². The molecule has 3 aliphatic heterocycles. The lowest BCUT2D eigenvalue weighted by atomic mass is 9.94. The van der Waals surface area contributed by atoms with E-state index >= 15 is 0 Å². The van der Waals surface area contributed by atoms with Gasteiger partial charge in [0.25, 0.3) is 0 Å². The number of carbonyl (C=O) groups is 1. The maximum absolute atomic E-state index is 13.3. The van der Waals surface area contributed by atoms with Crippen LogP contribution in [0.25, 0.3) is 0 Å². The second kappa shape index (κ2) is 17.0. The molecule has 1 aromatic heterocycles. The molecule has 3 saturated heterocycles. The monoisotopic (exact) mass is 746 g/mol. The Kier molecular flexibility index (Phi) is 12.9. The number of amides is 1. The van der Waals surface area contributed by atoms with Crippen molar-refractivity contribution in [3.8, 4) is 0 Å². The summed E-state index contributed by atoms with van der Waals surface area (Å²) >= 11 is 6.84. The van der Waals surface area contributed by atoms with Crippen LogP contribution in [0.2, 0.25) is 0 Å². The third-order valence-corrected chi connectivity index (χ3v) is 10.3. The zero-order valence-electron chi connectivity index (χ0n) is 25.6. The fraction of sp³-hybridized carbons (Fsp3) is 0.471. The van der Waals surface area contributed by atoms with Gasteiger partial charge in [-0.05, 0) is 79.0 Å². The Morgan fingerprint density at radius 2 is 1.22 bits per heavy atom. The van der Waals surface area contributed by atoms with Crippen molar-refractivity contribution < 1.29 is 13.6 Å². The summed E-state index contributed by atoms with van der Waals surface area (Å²) in [6, 6.07) is 13.8. The normalized spacial score (nSPS) is 18.8. The minimum atomic E-state index is -0.229. The lowest BCUT2D eigenvalue weighted by molar-refractivity contribution is -0.139. The summed E-state index contributed by atoms with van der Waals surface area (Å²) in [7, 11) is 0. The van der Waals surface area contributed by atoms with Crippen LogP contribution in [0, 0.1) is 17.6 Å². The van der Waals surface area contributed by atoms with Crippen molar-refractivity contribution in [2.45, 2.75) is 32.5 Å². The summed E-state index contributed by atoms with van der Waals surface area (Å²) in [6.07, 6.45) is 5.54. The van der Waals surface area contributed by atoms with Crippen molar-refractivity contribution >= 4 is 37.8 Å². The van der Waals surface area contributed by atoms with Gasteiger partial charge in [-0.25, -0.2) is 8.78 Å². The lowest BCUT2D eigenvalue weighted by Crippen LogP contribution is -2.51. The van der Waals surface area contributed by atoms with Crippen molar-refractivity contribution in [2.75, 3.05) is 65.4 Å². The van der Waals surface area contributed by atoms with Gasteiger partial charge in [-0.2, -0.15) is 0 Å². The molecule has 242 valence electrons. The maximum atomic E-state index is 13.3. The lowest BCUT2D eigenvalue weighted by Gasteiger charge is -2.38. The topological polar surface area (TPSA) is 55.0 Å². The molecule has 1 N–H and O–H groups in total. The van der Waals surface area contributed by atoms with Crippen LogP contribution in [0.3, 0.4) is 0 Å². The Morgan fingerprint density at radius 1 is 0.711 bits per heavy atom. The Bertz CT molecular complexity index is 1380. The van der Waals surface area contributed by atoms with Crippen molar-refractivity contribution in [1.29, 1.82) is 0 Å². The van der Waals surface area contributed by atoms with E-state index in [-0.39, 0.29) is 17.6 Å². The Labute approximate surface area is 282 Å². The van der Waals surface area contributed by atoms with Crippen molar-refractivity contribution in [3.63, 3.8) is 0 Å². The van der Waals surface area contributed by atoms with E-state index in [1.54, 1.807) is 0 Å². The second-order valence-electron chi connectivity index (χ2n) is 12.0. The summed E-state index contributed by atoms with van der Waals surface area (Å²) in [5, 5.41) is 3.31. The van der Waals surface area contributed by atoms with E-state index in [0.29, 0.717) is 5.91 Å². The first-order valence-electron chi connectivity index (χ1n) is 15.8. The first-order valence-corrected chi connectivity index (χ1v) is 17.4. The summed E-state index contributed by atoms with van der Waals surface area (Å²) < 4.78 is 27.8. The molecule has 45 heavy (non-hydrogen) atoms. The van der Waals surface area contributed by atoms with Crippen LogP contribution in [0.1, 0.15) is 29.5 Å². The van der Waals surface area contributed by atoms with Gasteiger partial charge in [0.2, 0.25) is 5.91 Å². The van der Waals surface area contributed by atoms with Gasteiger partial charge in [-0.1, -0.05) is 44.0 Å². The number of piperazine rings is 2. The number of nitrogens with one attached hydrogen (secondary N) is 1. The number of hydrogen-bond acceptors (Lipinski definition) is 6. The molecular formula is C34H42Br2F2N6O. The number of benzene rings is 2. The third kappa shape index (κ3) is 10.4. The van der Waals surface area contributed by atoms with Gasteiger partial charge in [0.05, 0.1) is 0 Å². The van der Waals surface area contributed by atoms with Gasteiger partial charge in [-0.3, -0.25) is 24.5 Å². The highest BCUT2D eigenvalue weighted by Gasteiger charge is 2.30. The minimum Gasteiger partial charge on any atom is -0.340 e. The number of carbonyl (C=O) groups excluding carboxylic acids is 1. The average Bonchev–Trinajstić information content (AvgIpc) is 3.05. The Balaban J connectivity index is 0.000000223. The summed E-state index contributed by atoms with van der Waals surface area (Å²) in [5.41, 5.74) is 3.51. The number of aromatic nitrogens is 1. The molecule has 0 unspecified atom stereocenters. The fourth-order valence-electron chi connectivity index (χ4n) is 6.12. The second-order valence-corrected chi connectivity index (χ2v) is 13.7. The number of pyridine rings is 1. The van der Waals surface area contributed by atoms with Crippen molar-refractivity contribution in [3.05, 3.63) is 98.2 Å². The molecule has 6 rings (SSSR count). The van der Waals surface area contributed by atoms with Gasteiger partial charge in [0.15, 0.2) is 0 Å². The number of piperidine rings is 1. The molecule has 7 nitrogen and oxygen atoms in total. The molecule has 0 radical (unpaired) electrons. The molecule has 0 spiro atoms. The maximum Gasteiger partial charge on any atom is 0.225 e. The van der Waals surface area contributed by atoms with Crippen molar-refractivity contribution in [2.24, 2.45) is 5.92 Å². The zero-order chi connectivity index (χ0) is 31.6. The van der Waals surface area contributed by atoms with E-state index in [9.17, 15) is 13.6 Å². The van der Waals surface area contributed by atoms with Gasteiger partial charge < -0.3 is 10.2 Å². The van der Waals surface area contributed by atoms with E-state index in [0.717, 1.165) is 118 Å². The Morgan fingerprint density at radius 3 is 1.76 bits per heavy atom. The van der Waals surface area contributed by atoms with E-state index in [1.807, 2.05) is 29.4 Å². The number of likely N-dealkylation sites (tertiary alicyclic amines) is 1. The van der Waals surface area contributed by atoms with Crippen LogP contribution in [0.15, 0.2) is 69.9 Å². The highest BCUT2D eigenvalue weighted by molar-refractivity contribution is 9.10. The largest absolute Gasteiger partial charge is 0.340 e. The van der Waals surface area contributed by atoms with E-state index < -0.39 is 0 Å². The van der Waals surface area contributed by atoms with Crippen LogP contribution in [0.4, 0.5) is 8.78 Å². The molecule has 1 amide bonds. The van der Waals surface area contributed by atoms with E-state index in [1.165, 1.54) is 29.8 Å². The van der Waals surface area contributed by atoms with Crippen LogP contribution in [-0.4, -0.2) is 95.9 Å². The Hall–Kier alpha value is -2.28. The first-order chi connectivity index (χ1) is 21.8. The van der Waals surface area contributed by atoms with Crippen LogP contribution >= 0.6 is 31.9 Å².